The van der Waals surface area contributed by atoms with E-state index in [1.54, 1.807) is 0 Å². The highest BCUT2D eigenvalue weighted by Gasteiger charge is 2.60. The molecule has 192 valence electrons. The molecule has 2 aliphatic rings. The molecule has 0 unspecified atom stereocenters. The summed E-state index contributed by atoms with van der Waals surface area (Å²) in [6.45, 7) is 1.98. The van der Waals surface area contributed by atoms with E-state index >= 15 is 0 Å². The number of amides is 1. The maximum atomic E-state index is 14.7. The van der Waals surface area contributed by atoms with Gasteiger partial charge in [-0.05, 0) is 41.3 Å². The van der Waals surface area contributed by atoms with Gasteiger partial charge in [0.1, 0.15) is 5.41 Å². The Morgan fingerprint density at radius 2 is 1.38 bits per heavy atom. The molecule has 6 nitrogen and oxygen atoms in total. The molecule has 1 aliphatic heterocycles. The number of anilines is 1. The van der Waals surface area contributed by atoms with Crippen LogP contribution in [0, 0.1) is 22.5 Å². The van der Waals surface area contributed by atoms with Crippen molar-refractivity contribution in [3.8, 4) is 0 Å². The van der Waals surface area contributed by atoms with Gasteiger partial charge in [-0.1, -0.05) is 115 Å². The largest absolute Gasteiger partial charge is 0.271 e. The highest BCUT2D eigenvalue weighted by Crippen LogP contribution is 2.54. The normalized spacial score (nSPS) is 22.5. The van der Waals surface area contributed by atoms with Crippen molar-refractivity contribution in [3.63, 3.8) is 0 Å². The van der Waals surface area contributed by atoms with Gasteiger partial charge in [-0.3, -0.25) is 14.9 Å². The number of rotatable bonds is 5. The van der Waals surface area contributed by atoms with Gasteiger partial charge in [0, 0.05) is 11.3 Å². The second kappa shape index (κ2) is 9.80. The quantitative estimate of drug-likeness (QED) is 0.221. The fraction of sp³-hybridized carbons (Fsp3) is 0.152. The van der Waals surface area contributed by atoms with E-state index < -0.39 is 17.4 Å². The fourth-order valence-corrected chi connectivity index (χ4v) is 5.84. The molecule has 0 bridgehead atoms. The predicted molar refractivity (Wildman–Crippen MR) is 153 cm³/mol. The molecule has 0 saturated carbocycles. The van der Waals surface area contributed by atoms with Crippen molar-refractivity contribution in [2.24, 2.45) is 10.5 Å². The molecular weight excluding hydrogens is 486 g/mol. The van der Waals surface area contributed by atoms with Crippen LogP contribution in [0.5, 0.6) is 0 Å². The van der Waals surface area contributed by atoms with Crippen LogP contribution in [0.15, 0.2) is 126 Å². The molecule has 0 saturated heterocycles. The fourth-order valence-electron chi connectivity index (χ4n) is 5.84. The summed E-state index contributed by atoms with van der Waals surface area (Å²) in [5.41, 5.74) is 4.10. The second-order valence-corrected chi connectivity index (χ2v) is 10.1. The van der Waals surface area contributed by atoms with Crippen molar-refractivity contribution < 1.29 is 9.72 Å². The Labute approximate surface area is 227 Å². The van der Waals surface area contributed by atoms with E-state index in [0.29, 0.717) is 11.4 Å². The van der Waals surface area contributed by atoms with E-state index in [9.17, 15) is 14.9 Å². The van der Waals surface area contributed by atoms with E-state index in [0.717, 1.165) is 27.8 Å². The van der Waals surface area contributed by atoms with Crippen LogP contribution < -0.4 is 5.01 Å². The first-order valence-electron chi connectivity index (χ1n) is 13.0. The van der Waals surface area contributed by atoms with Crippen LogP contribution in [-0.4, -0.2) is 22.6 Å². The van der Waals surface area contributed by atoms with Gasteiger partial charge >= 0.3 is 0 Å². The number of hydrogen-bond donors (Lipinski definition) is 0. The van der Waals surface area contributed by atoms with Gasteiger partial charge in [-0.15, -0.1) is 0 Å². The summed E-state index contributed by atoms with van der Waals surface area (Å²) >= 11 is 0. The molecule has 1 aliphatic carbocycles. The average molecular weight is 514 g/mol. The van der Waals surface area contributed by atoms with Crippen LogP contribution in [0.3, 0.4) is 0 Å². The van der Waals surface area contributed by atoms with Gasteiger partial charge in [-0.2, -0.15) is 10.1 Å². The summed E-state index contributed by atoms with van der Waals surface area (Å²) in [5.74, 6) is -0.779. The van der Waals surface area contributed by atoms with Crippen molar-refractivity contribution >= 4 is 22.9 Å². The molecule has 0 fully saturated rings. The molecule has 0 N–H and O–H groups in total. The number of carbonyl (C=O) groups is 1. The van der Waals surface area contributed by atoms with Crippen LogP contribution in [-0.2, 0) is 4.79 Å². The summed E-state index contributed by atoms with van der Waals surface area (Å²) in [7, 11) is 0. The molecule has 6 rings (SSSR count). The number of benzene rings is 4. The first-order chi connectivity index (χ1) is 19.0. The molecule has 0 radical (unpaired) electrons. The molecular formula is C33H27N3O3. The molecule has 6 heteroatoms. The summed E-state index contributed by atoms with van der Waals surface area (Å²) in [4.78, 5) is 27.1. The maximum Gasteiger partial charge on any atom is 0.264 e. The highest BCUT2D eigenvalue weighted by atomic mass is 16.6. The standard InChI is InChI=1S/C33H27N3O3/c1-23-17-19-27(20-18-23)35-32(37)33(31(34-35)26-15-9-4-10-16-26)22-30(36(38)39)28(24-11-5-2-6-12-24)21-29(33)25-13-7-3-8-14-25/h2-21,28,30H,22H2,1H3/t28-,30+,33-/m1/s1. The van der Waals surface area contributed by atoms with Crippen LogP contribution >= 0.6 is 0 Å². The Hall–Kier alpha value is -4.84. The molecule has 1 amide bonds. The zero-order valence-corrected chi connectivity index (χ0v) is 21.5. The monoisotopic (exact) mass is 513 g/mol. The van der Waals surface area contributed by atoms with Gasteiger partial charge in [0.05, 0.1) is 17.3 Å². The van der Waals surface area contributed by atoms with Gasteiger partial charge in [0.2, 0.25) is 6.04 Å². The van der Waals surface area contributed by atoms with E-state index in [2.05, 4.69) is 0 Å². The minimum absolute atomic E-state index is 0.00475. The lowest BCUT2D eigenvalue weighted by atomic mass is 9.61. The van der Waals surface area contributed by atoms with E-state index in [1.165, 1.54) is 5.01 Å². The molecule has 1 heterocycles. The van der Waals surface area contributed by atoms with E-state index in [1.807, 2.05) is 128 Å². The van der Waals surface area contributed by atoms with Crippen LogP contribution in [0.1, 0.15) is 34.6 Å². The minimum atomic E-state index is -1.34. The molecule has 4 aromatic carbocycles. The zero-order valence-electron chi connectivity index (χ0n) is 21.5. The third-order valence-electron chi connectivity index (χ3n) is 7.76. The number of hydrogen-bond acceptors (Lipinski definition) is 4. The van der Waals surface area contributed by atoms with Crippen LogP contribution in [0.25, 0.3) is 5.57 Å². The highest BCUT2D eigenvalue weighted by molar-refractivity contribution is 6.31. The summed E-state index contributed by atoms with van der Waals surface area (Å²) in [6.07, 6.45) is 1.94. The lowest BCUT2D eigenvalue weighted by Crippen LogP contribution is -2.49. The van der Waals surface area contributed by atoms with Crippen LogP contribution in [0.4, 0.5) is 5.69 Å². The van der Waals surface area contributed by atoms with Gasteiger partial charge in [-0.25, -0.2) is 0 Å². The molecule has 3 atom stereocenters. The maximum absolute atomic E-state index is 14.7. The Morgan fingerprint density at radius 1 is 0.821 bits per heavy atom. The number of carbonyl (C=O) groups excluding carboxylic acids is 1. The Bertz CT molecular complexity index is 1580. The van der Waals surface area contributed by atoms with Crippen molar-refractivity contribution in [1.29, 1.82) is 0 Å². The summed E-state index contributed by atoms with van der Waals surface area (Å²) in [5, 5.41) is 19.0. The minimum Gasteiger partial charge on any atom is -0.271 e. The summed E-state index contributed by atoms with van der Waals surface area (Å²) in [6, 6.07) is 35.4. The molecule has 4 aromatic rings. The van der Waals surface area contributed by atoms with Crippen LogP contribution in [0.2, 0.25) is 0 Å². The number of hydrazone groups is 1. The van der Waals surface area contributed by atoms with E-state index in [4.69, 9.17) is 5.10 Å². The van der Waals surface area contributed by atoms with Crippen molar-refractivity contribution in [2.75, 3.05) is 5.01 Å². The Balaban J connectivity index is 1.63. The average Bonchev–Trinajstić information content (AvgIpc) is 3.26. The third kappa shape index (κ3) is 4.14. The second-order valence-electron chi connectivity index (χ2n) is 10.1. The SMILES string of the molecule is Cc1ccc(N2N=C(c3ccccc3)[C@]3(C[C@H]([N+](=O)[O-])[C@@H](c4ccccc4)C=C3c3ccccc3)C2=O)cc1. The number of aryl methyl sites for hydroxylation is 1. The first-order valence-corrected chi connectivity index (χ1v) is 13.0. The molecule has 39 heavy (non-hydrogen) atoms. The van der Waals surface area contributed by atoms with Crippen molar-refractivity contribution in [1.82, 2.24) is 0 Å². The first kappa shape index (κ1) is 24.5. The third-order valence-corrected chi connectivity index (χ3v) is 7.76. The van der Waals surface area contributed by atoms with E-state index in [-0.39, 0.29) is 17.3 Å². The van der Waals surface area contributed by atoms with Gasteiger partial charge < -0.3 is 0 Å². The Kier molecular flexibility index (Phi) is 6.15. The number of nitro groups is 1. The Morgan fingerprint density at radius 3 is 1.97 bits per heavy atom. The van der Waals surface area contributed by atoms with Gasteiger partial charge in [0.15, 0.2) is 0 Å². The van der Waals surface area contributed by atoms with Crippen molar-refractivity contribution in [2.45, 2.75) is 25.3 Å². The number of nitrogens with zero attached hydrogens (tertiary/aromatic N) is 3. The van der Waals surface area contributed by atoms with Crippen molar-refractivity contribution in [3.05, 3.63) is 154 Å². The smallest absolute Gasteiger partial charge is 0.264 e. The predicted octanol–water partition coefficient (Wildman–Crippen LogP) is 6.65. The lowest BCUT2D eigenvalue weighted by Gasteiger charge is -2.39. The zero-order chi connectivity index (χ0) is 27.0. The molecule has 1 spiro atoms. The topological polar surface area (TPSA) is 75.8 Å². The molecule has 0 aromatic heterocycles. The lowest BCUT2D eigenvalue weighted by molar-refractivity contribution is -0.527. The van der Waals surface area contributed by atoms with Gasteiger partial charge in [0.25, 0.3) is 5.91 Å². The summed E-state index contributed by atoms with van der Waals surface area (Å²) < 4.78 is 0.